The number of fused-ring (bicyclic) bond motifs is 1. The molecule has 0 spiro atoms. The molecular formula is C19H22FN3O2S. The zero-order valence-electron chi connectivity index (χ0n) is 14.5. The van der Waals surface area contributed by atoms with Gasteiger partial charge in [-0.3, -0.25) is 9.00 Å². The van der Waals surface area contributed by atoms with Crippen molar-refractivity contribution < 1.29 is 13.4 Å². The molecule has 1 saturated carbocycles. The van der Waals surface area contributed by atoms with Crippen molar-refractivity contribution in [1.29, 1.82) is 0 Å². The van der Waals surface area contributed by atoms with E-state index in [0.29, 0.717) is 35.3 Å². The first-order valence-corrected chi connectivity index (χ1v) is 10.6. The van der Waals surface area contributed by atoms with Crippen LogP contribution in [0.15, 0.2) is 24.3 Å². The number of amides is 1. The molecule has 26 heavy (non-hydrogen) atoms. The number of hydrogen-bond donors (Lipinski definition) is 1. The maximum absolute atomic E-state index is 13.2. The molecule has 0 unspecified atom stereocenters. The highest BCUT2D eigenvalue weighted by Gasteiger charge is 2.28. The fourth-order valence-electron chi connectivity index (χ4n) is 3.85. The summed E-state index contributed by atoms with van der Waals surface area (Å²) in [5.74, 6) is 1.66. The standard InChI is InChI=1S/C19H22FN3O2S/c20-14-6-8-15(9-7-14)23-19(16-11-26(25)12-17(16)22-23)21-18(24)10-5-13-3-1-2-4-13/h6-9,13H,1-5,10-12H2,(H,21,24)/t26-/m1/s1. The second-order valence-electron chi connectivity index (χ2n) is 7.13. The Morgan fingerprint density at radius 1 is 1.23 bits per heavy atom. The van der Waals surface area contributed by atoms with E-state index in [2.05, 4.69) is 10.4 Å². The van der Waals surface area contributed by atoms with Gasteiger partial charge >= 0.3 is 0 Å². The number of rotatable bonds is 5. The van der Waals surface area contributed by atoms with E-state index < -0.39 is 10.8 Å². The Balaban J connectivity index is 1.56. The van der Waals surface area contributed by atoms with Crippen molar-refractivity contribution in [3.63, 3.8) is 0 Å². The predicted octanol–water partition coefficient (Wildman–Crippen LogP) is 3.68. The van der Waals surface area contributed by atoms with Crippen molar-refractivity contribution in [1.82, 2.24) is 9.78 Å². The van der Waals surface area contributed by atoms with Crippen LogP contribution in [0.25, 0.3) is 5.69 Å². The first kappa shape index (κ1) is 17.4. The van der Waals surface area contributed by atoms with E-state index in [1.54, 1.807) is 16.8 Å². The molecule has 1 N–H and O–H groups in total. The second-order valence-corrected chi connectivity index (χ2v) is 8.58. The molecule has 1 amide bonds. The molecule has 7 heteroatoms. The molecule has 2 heterocycles. The second kappa shape index (κ2) is 7.31. The van der Waals surface area contributed by atoms with Crippen LogP contribution in [-0.2, 0) is 27.1 Å². The number of anilines is 1. The molecule has 2 aromatic rings. The van der Waals surface area contributed by atoms with Gasteiger partial charge in [0.2, 0.25) is 5.91 Å². The van der Waals surface area contributed by atoms with Crippen LogP contribution in [0.2, 0.25) is 0 Å². The van der Waals surface area contributed by atoms with Crippen molar-refractivity contribution in [2.45, 2.75) is 50.0 Å². The van der Waals surface area contributed by atoms with Gasteiger partial charge in [0, 0.05) is 22.8 Å². The van der Waals surface area contributed by atoms with Gasteiger partial charge in [-0.1, -0.05) is 25.7 Å². The van der Waals surface area contributed by atoms with E-state index in [1.807, 2.05) is 0 Å². The lowest BCUT2D eigenvalue weighted by Crippen LogP contribution is -2.17. The lowest BCUT2D eigenvalue weighted by atomic mass is 10.0. The molecule has 1 atom stereocenters. The third-order valence-electron chi connectivity index (χ3n) is 5.25. The summed E-state index contributed by atoms with van der Waals surface area (Å²) in [6, 6.07) is 5.99. The number of halogens is 1. The van der Waals surface area contributed by atoms with E-state index in [-0.39, 0.29) is 11.7 Å². The van der Waals surface area contributed by atoms with Gasteiger partial charge in [-0.2, -0.15) is 5.10 Å². The Morgan fingerprint density at radius 2 is 1.96 bits per heavy atom. The molecule has 1 aliphatic carbocycles. The predicted molar refractivity (Wildman–Crippen MR) is 98.9 cm³/mol. The van der Waals surface area contributed by atoms with Gasteiger partial charge in [0.1, 0.15) is 11.6 Å². The van der Waals surface area contributed by atoms with Crippen LogP contribution in [0.3, 0.4) is 0 Å². The van der Waals surface area contributed by atoms with Crippen molar-refractivity contribution in [3.05, 3.63) is 41.3 Å². The highest BCUT2D eigenvalue weighted by Crippen LogP contribution is 2.32. The molecule has 0 radical (unpaired) electrons. The monoisotopic (exact) mass is 375 g/mol. The van der Waals surface area contributed by atoms with E-state index in [1.165, 1.54) is 37.8 Å². The number of nitrogens with one attached hydrogen (secondary N) is 1. The topological polar surface area (TPSA) is 64.0 Å². The minimum atomic E-state index is -0.974. The number of aromatic nitrogens is 2. The first-order chi connectivity index (χ1) is 12.6. The molecule has 0 saturated heterocycles. The summed E-state index contributed by atoms with van der Waals surface area (Å²) in [5.41, 5.74) is 2.26. The highest BCUT2D eigenvalue weighted by atomic mass is 32.2. The van der Waals surface area contributed by atoms with Crippen molar-refractivity contribution in [2.24, 2.45) is 5.92 Å². The van der Waals surface area contributed by atoms with Gasteiger partial charge in [0.25, 0.3) is 0 Å². The Hall–Kier alpha value is -2.02. The maximum Gasteiger partial charge on any atom is 0.225 e. The molecule has 2 aliphatic rings. The van der Waals surface area contributed by atoms with Crippen LogP contribution in [-0.4, -0.2) is 19.9 Å². The van der Waals surface area contributed by atoms with Crippen LogP contribution >= 0.6 is 0 Å². The summed E-state index contributed by atoms with van der Waals surface area (Å²) in [4.78, 5) is 12.5. The maximum atomic E-state index is 13.2. The zero-order chi connectivity index (χ0) is 18.1. The number of benzene rings is 1. The van der Waals surface area contributed by atoms with Gasteiger partial charge in [0.15, 0.2) is 0 Å². The Kier molecular flexibility index (Phi) is 4.89. The minimum Gasteiger partial charge on any atom is -0.310 e. The highest BCUT2D eigenvalue weighted by molar-refractivity contribution is 7.83. The summed E-state index contributed by atoms with van der Waals surface area (Å²) in [6.07, 6.45) is 6.36. The average Bonchev–Trinajstić information content (AvgIpc) is 3.32. The number of hydrogen-bond acceptors (Lipinski definition) is 3. The normalized spacial score (nSPS) is 19.7. The van der Waals surface area contributed by atoms with E-state index >= 15 is 0 Å². The quantitative estimate of drug-likeness (QED) is 0.867. The summed E-state index contributed by atoms with van der Waals surface area (Å²) < 4.78 is 26.8. The van der Waals surface area contributed by atoms with Crippen molar-refractivity contribution in [2.75, 3.05) is 5.32 Å². The summed E-state index contributed by atoms with van der Waals surface area (Å²) >= 11 is 0. The van der Waals surface area contributed by atoms with E-state index in [9.17, 15) is 13.4 Å². The molecule has 138 valence electrons. The molecule has 1 aromatic heterocycles. The van der Waals surface area contributed by atoms with Crippen molar-refractivity contribution >= 4 is 22.5 Å². The van der Waals surface area contributed by atoms with Gasteiger partial charge in [-0.15, -0.1) is 0 Å². The number of carbonyl (C=O) groups is 1. The van der Waals surface area contributed by atoms with Crippen LogP contribution in [0.5, 0.6) is 0 Å². The molecule has 0 bridgehead atoms. The average molecular weight is 375 g/mol. The number of nitrogens with zero attached hydrogens (tertiary/aromatic N) is 2. The number of carbonyl (C=O) groups excluding carboxylic acids is 1. The van der Waals surface area contributed by atoms with Gasteiger partial charge in [-0.25, -0.2) is 9.07 Å². The summed E-state index contributed by atoms with van der Waals surface area (Å²) in [6.45, 7) is 0. The zero-order valence-corrected chi connectivity index (χ0v) is 15.4. The van der Waals surface area contributed by atoms with E-state index in [0.717, 1.165) is 17.7 Å². The smallest absolute Gasteiger partial charge is 0.225 e. The van der Waals surface area contributed by atoms with Gasteiger partial charge in [0.05, 0.1) is 22.9 Å². The Morgan fingerprint density at radius 3 is 2.69 bits per heavy atom. The van der Waals surface area contributed by atoms with Crippen LogP contribution in [0, 0.1) is 11.7 Å². The minimum absolute atomic E-state index is 0.0411. The van der Waals surface area contributed by atoms with Crippen molar-refractivity contribution in [3.8, 4) is 5.69 Å². The van der Waals surface area contributed by atoms with Gasteiger partial charge in [-0.05, 0) is 36.6 Å². The molecule has 1 fully saturated rings. The molecule has 1 aromatic carbocycles. The molecular weight excluding hydrogens is 353 g/mol. The lowest BCUT2D eigenvalue weighted by Gasteiger charge is -2.12. The Labute approximate surface area is 154 Å². The fraction of sp³-hybridized carbons (Fsp3) is 0.474. The lowest BCUT2D eigenvalue weighted by molar-refractivity contribution is -0.116. The Bertz CT molecular complexity index is 841. The first-order valence-electron chi connectivity index (χ1n) is 9.11. The largest absolute Gasteiger partial charge is 0.310 e. The third-order valence-corrected chi connectivity index (χ3v) is 6.46. The van der Waals surface area contributed by atoms with E-state index in [4.69, 9.17) is 0 Å². The molecule has 5 nitrogen and oxygen atoms in total. The van der Waals surface area contributed by atoms with Crippen LogP contribution in [0.4, 0.5) is 10.2 Å². The summed E-state index contributed by atoms with van der Waals surface area (Å²) in [7, 11) is -0.974. The third kappa shape index (κ3) is 3.58. The van der Waals surface area contributed by atoms with Crippen LogP contribution < -0.4 is 5.32 Å². The SMILES string of the molecule is O=C(CCC1CCCC1)Nc1c2c(nn1-c1ccc(F)cc1)C[S@](=O)C2. The fourth-order valence-corrected chi connectivity index (χ4v) is 5.12. The molecule has 1 aliphatic heterocycles. The summed E-state index contributed by atoms with van der Waals surface area (Å²) in [5, 5.41) is 7.50. The van der Waals surface area contributed by atoms with Gasteiger partial charge < -0.3 is 5.32 Å². The van der Waals surface area contributed by atoms with Crippen LogP contribution in [0.1, 0.15) is 49.8 Å². The molecule has 4 rings (SSSR count).